The number of nitrogens with one attached hydrogen (secondary N) is 1. The monoisotopic (exact) mass is 384 g/mol. The van der Waals surface area contributed by atoms with Gasteiger partial charge in [-0.2, -0.15) is 4.98 Å². The van der Waals surface area contributed by atoms with Crippen LogP contribution >= 0.6 is 0 Å². The Morgan fingerprint density at radius 2 is 1.96 bits per heavy atom. The molecule has 8 heteroatoms. The lowest BCUT2D eigenvalue weighted by Crippen LogP contribution is -2.41. The molecular formula is C20H18F2N4O2. The van der Waals surface area contributed by atoms with E-state index in [9.17, 15) is 13.6 Å². The molecule has 28 heavy (non-hydrogen) atoms. The number of hydrogen-bond donors (Lipinski definition) is 1. The van der Waals surface area contributed by atoms with Gasteiger partial charge in [0.2, 0.25) is 11.7 Å². The molecule has 0 bridgehead atoms. The number of halogens is 2. The van der Waals surface area contributed by atoms with Crippen molar-refractivity contribution in [2.24, 2.45) is 0 Å². The van der Waals surface area contributed by atoms with Crippen LogP contribution in [0, 0.1) is 11.6 Å². The van der Waals surface area contributed by atoms with Crippen molar-refractivity contribution in [1.29, 1.82) is 0 Å². The highest BCUT2D eigenvalue weighted by Crippen LogP contribution is 2.28. The highest BCUT2D eigenvalue weighted by Gasteiger charge is 2.28. The maximum absolute atomic E-state index is 13.3. The molecule has 2 heterocycles. The van der Waals surface area contributed by atoms with Gasteiger partial charge in [0.1, 0.15) is 11.6 Å². The van der Waals surface area contributed by atoms with Crippen LogP contribution in [0.15, 0.2) is 53.1 Å². The molecule has 1 unspecified atom stereocenters. The maximum atomic E-state index is 13.3. The minimum atomic E-state index is -0.409. The minimum absolute atomic E-state index is 0.0892. The molecule has 1 fully saturated rings. The van der Waals surface area contributed by atoms with E-state index < -0.39 is 5.82 Å². The first-order chi connectivity index (χ1) is 13.6. The zero-order valence-corrected chi connectivity index (χ0v) is 14.9. The Kier molecular flexibility index (Phi) is 5.01. The van der Waals surface area contributed by atoms with Crippen molar-refractivity contribution in [2.75, 3.05) is 18.4 Å². The van der Waals surface area contributed by atoms with Gasteiger partial charge in [-0.1, -0.05) is 11.2 Å². The smallest absolute Gasteiger partial charge is 0.321 e. The number of aromatic nitrogens is 2. The minimum Gasteiger partial charge on any atom is -0.339 e. The van der Waals surface area contributed by atoms with E-state index in [4.69, 9.17) is 4.52 Å². The number of anilines is 1. The highest BCUT2D eigenvalue weighted by atomic mass is 19.1. The number of hydrogen-bond acceptors (Lipinski definition) is 4. The number of nitrogens with zero attached hydrogens (tertiary/aromatic N) is 3. The second kappa shape index (κ2) is 7.75. The molecule has 1 aliphatic rings. The first-order valence-electron chi connectivity index (χ1n) is 8.99. The number of benzene rings is 2. The van der Waals surface area contributed by atoms with E-state index in [-0.39, 0.29) is 17.8 Å². The lowest BCUT2D eigenvalue weighted by molar-refractivity contribution is 0.184. The van der Waals surface area contributed by atoms with Gasteiger partial charge in [0.25, 0.3) is 0 Å². The summed E-state index contributed by atoms with van der Waals surface area (Å²) >= 11 is 0. The molecule has 1 aromatic heterocycles. The molecular weight excluding hydrogens is 366 g/mol. The largest absolute Gasteiger partial charge is 0.339 e. The zero-order chi connectivity index (χ0) is 19.5. The van der Waals surface area contributed by atoms with E-state index in [1.807, 2.05) is 0 Å². The summed E-state index contributed by atoms with van der Waals surface area (Å²) in [6.45, 7) is 1.02. The molecule has 0 saturated carbocycles. The van der Waals surface area contributed by atoms with Gasteiger partial charge in [-0.25, -0.2) is 13.6 Å². The van der Waals surface area contributed by atoms with E-state index in [0.717, 1.165) is 12.8 Å². The molecule has 6 nitrogen and oxygen atoms in total. The average molecular weight is 384 g/mol. The van der Waals surface area contributed by atoms with Gasteiger partial charge < -0.3 is 14.7 Å². The van der Waals surface area contributed by atoms with E-state index in [1.165, 1.54) is 24.3 Å². The lowest BCUT2D eigenvalue weighted by Gasteiger charge is -2.31. The van der Waals surface area contributed by atoms with E-state index >= 15 is 0 Å². The van der Waals surface area contributed by atoms with Crippen molar-refractivity contribution in [3.8, 4) is 11.4 Å². The highest BCUT2D eigenvalue weighted by molar-refractivity contribution is 5.89. The van der Waals surface area contributed by atoms with Gasteiger partial charge >= 0.3 is 6.03 Å². The molecule has 1 aliphatic heterocycles. The van der Waals surface area contributed by atoms with Gasteiger partial charge in [0, 0.05) is 24.3 Å². The summed E-state index contributed by atoms with van der Waals surface area (Å²) in [5.41, 5.74) is 1.07. The second-order valence-electron chi connectivity index (χ2n) is 6.69. The predicted molar refractivity (Wildman–Crippen MR) is 98.7 cm³/mol. The number of piperidine rings is 1. The third kappa shape index (κ3) is 4.00. The van der Waals surface area contributed by atoms with Crippen LogP contribution in [0.25, 0.3) is 11.4 Å². The Hall–Kier alpha value is -3.29. The zero-order valence-electron chi connectivity index (χ0n) is 14.9. The molecule has 0 aliphatic carbocycles. The fourth-order valence-electron chi connectivity index (χ4n) is 3.25. The van der Waals surface area contributed by atoms with E-state index in [1.54, 1.807) is 29.2 Å². The summed E-state index contributed by atoms with van der Waals surface area (Å²) in [7, 11) is 0. The van der Waals surface area contributed by atoms with E-state index in [0.29, 0.717) is 36.1 Å². The molecule has 2 amide bonds. The molecule has 1 saturated heterocycles. The Bertz CT molecular complexity index is 974. The van der Waals surface area contributed by atoms with Crippen molar-refractivity contribution >= 4 is 11.7 Å². The summed E-state index contributed by atoms with van der Waals surface area (Å²) in [4.78, 5) is 18.6. The van der Waals surface area contributed by atoms with Crippen molar-refractivity contribution in [2.45, 2.75) is 18.8 Å². The van der Waals surface area contributed by atoms with Crippen LogP contribution in [-0.2, 0) is 0 Å². The molecule has 2 aromatic carbocycles. The fourth-order valence-corrected chi connectivity index (χ4v) is 3.25. The summed E-state index contributed by atoms with van der Waals surface area (Å²) in [5, 5.41) is 6.67. The number of carbonyl (C=O) groups is 1. The standard InChI is InChI=1S/C20H18F2N4O2/c21-15-8-6-13(7-9-15)18-24-19(28-25-18)14-3-2-10-26(12-14)20(27)23-17-5-1-4-16(22)11-17/h1,4-9,11,14H,2-3,10,12H2,(H,23,27). The number of likely N-dealkylation sites (tertiary alicyclic amines) is 1. The van der Waals surface area contributed by atoms with Crippen LogP contribution in [0.5, 0.6) is 0 Å². The fraction of sp³-hybridized carbons (Fsp3) is 0.250. The Balaban J connectivity index is 1.43. The Morgan fingerprint density at radius 3 is 2.75 bits per heavy atom. The van der Waals surface area contributed by atoms with Crippen LogP contribution < -0.4 is 5.32 Å². The third-order valence-electron chi connectivity index (χ3n) is 4.68. The molecule has 144 valence electrons. The third-order valence-corrected chi connectivity index (χ3v) is 4.68. The topological polar surface area (TPSA) is 71.3 Å². The average Bonchev–Trinajstić information content (AvgIpc) is 3.19. The van der Waals surface area contributed by atoms with Gasteiger partial charge in [-0.15, -0.1) is 0 Å². The van der Waals surface area contributed by atoms with Crippen molar-refractivity contribution in [3.63, 3.8) is 0 Å². The lowest BCUT2D eigenvalue weighted by atomic mass is 9.98. The van der Waals surface area contributed by atoms with Crippen LogP contribution in [0.2, 0.25) is 0 Å². The SMILES string of the molecule is O=C(Nc1cccc(F)c1)N1CCCC(c2nc(-c3ccc(F)cc3)no2)C1. The molecule has 4 rings (SSSR count). The van der Waals surface area contributed by atoms with Crippen LogP contribution in [0.3, 0.4) is 0 Å². The second-order valence-corrected chi connectivity index (χ2v) is 6.69. The van der Waals surface area contributed by atoms with E-state index in [2.05, 4.69) is 15.5 Å². The van der Waals surface area contributed by atoms with Gasteiger partial charge in [-0.05, 0) is 55.3 Å². The summed E-state index contributed by atoms with van der Waals surface area (Å²) in [5.74, 6) is 0.000766. The van der Waals surface area contributed by atoms with Crippen molar-refractivity contribution in [3.05, 3.63) is 66.1 Å². The van der Waals surface area contributed by atoms with Crippen LogP contribution in [-0.4, -0.2) is 34.2 Å². The van der Waals surface area contributed by atoms with Crippen LogP contribution in [0.4, 0.5) is 19.3 Å². The number of urea groups is 1. The molecule has 1 atom stereocenters. The molecule has 0 radical (unpaired) electrons. The van der Waals surface area contributed by atoms with Gasteiger partial charge in [0.05, 0.1) is 5.92 Å². The number of rotatable bonds is 3. The normalized spacial score (nSPS) is 16.8. The Labute approximate surface area is 160 Å². The first-order valence-corrected chi connectivity index (χ1v) is 8.99. The van der Waals surface area contributed by atoms with Crippen molar-refractivity contribution in [1.82, 2.24) is 15.0 Å². The first kappa shape index (κ1) is 18.1. The Morgan fingerprint density at radius 1 is 1.14 bits per heavy atom. The van der Waals surface area contributed by atoms with Crippen molar-refractivity contribution < 1.29 is 18.1 Å². The predicted octanol–water partition coefficient (Wildman–Crippen LogP) is 4.43. The van der Waals surface area contributed by atoms with Gasteiger partial charge in [-0.3, -0.25) is 0 Å². The van der Waals surface area contributed by atoms with Gasteiger partial charge in [0.15, 0.2) is 0 Å². The molecule has 1 N–H and O–H groups in total. The summed E-state index contributed by atoms with van der Waals surface area (Å²) in [6.07, 6.45) is 1.60. The van der Waals surface area contributed by atoms with Crippen LogP contribution in [0.1, 0.15) is 24.7 Å². The summed E-state index contributed by atoms with van der Waals surface area (Å²) < 4.78 is 31.7. The quantitative estimate of drug-likeness (QED) is 0.725. The molecule has 0 spiro atoms. The number of carbonyl (C=O) groups excluding carboxylic acids is 1. The number of amides is 2. The molecule has 3 aromatic rings. The maximum Gasteiger partial charge on any atom is 0.321 e. The summed E-state index contributed by atoms with van der Waals surface area (Å²) in [6, 6.07) is 11.3.